The molecule has 0 aromatic carbocycles. The molecule has 0 bridgehead atoms. The molecule has 1 aromatic rings. The Hall–Kier alpha value is -2.08. The molecule has 1 heterocycles. The molecule has 17 heavy (non-hydrogen) atoms. The van der Waals surface area contributed by atoms with Crippen molar-refractivity contribution in [3.05, 3.63) is 33.6 Å². The quantitative estimate of drug-likeness (QED) is 0.460. The zero-order valence-electron chi connectivity index (χ0n) is 8.65. The van der Waals surface area contributed by atoms with Crippen LogP contribution in [-0.4, -0.2) is 32.8 Å². The Morgan fingerprint density at radius 2 is 2.29 bits per heavy atom. The van der Waals surface area contributed by atoms with Gasteiger partial charge < -0.3 is 15.9 Å². The molecule has 8 nitrogen and oxygen atoms in total. The summed E-state index contributed by atoms with van der Waals surface area (Å²) < 4.78 is 0. The second-order valence-electron chi connectivity index (χ2n) is 3.25. The van der Waals surface area contributed by atoms with E-state index in [1.165, 1.54) is 0 Å². The minimum atomic E-state index is -1.38. The summed E-state index contributed by atoms with van der Waals surface area (Å²) in [6.45, 7) is -0.199. The highest BCUT2D eigenvalue weighted by Crippen LogP contribution is 2.22. The number of rotatable bonds is 4. The highest BCUT2D eigenvalue weighted by Gasteiger charge is 2.22. The van der Waals surface area contributed by atoms with E-state index < -0.39 is 22.8 Å². The number of aliphatic hydroxyl groups excluding tert-OH is 2. The van der Waals surface area contributed by atoms with Crippen LogP contribution in [0.4, 0.5) is 5.69 Å². The average Bonchev–Trinajstić information content (AvgIpc) is 2.35. The lowest BCUT2D eigenvalue weighted by atomic mass is 10.1. The molecule has 2 unspecified atom stereocenters. The summed E-state index contributed by atoms with van der Waals surface area (Å²) in [4.78, 5) is 13.4. The zero-order chi connectivity index (χ0) is 13.0. The van der Waals surface area contributed by atoms with Gasteiger partial charge in [0.1, 0.15) is 12.2 Å². The van der Waals surface area contributed by atoms with Crippen molar-refractivity contribution < 1.29 is 15.1 Å². The second-order valence-corrected chi connectivity index (χ2v) is 3.25. The van der Waals surface area contributed by atoms with E-state index in [4.69, 9.17) is 11.0 Å². The fourth-order valence-electron chi connectivity index (χ4n) is 1.21. The van der Waals surface area contributed by atoms with Gasteiger partial charge in [0.25, 0.3) is 0 Å². The van der Waals surface area contributed by atoms with Gasteiger partial charge in [-0.05, 0) is 0 Å². The molecule has 0 spiro atoms. The van der Waals surface area contributed by atoms with Crippen LogP contribution in [-0.2, 0) is 0 Å². The highest BCUT2D eigenvalue weighted by molar-refractivity contribution is 5.45. The van der Waals surface area contributed by atoms with E-state index in [-0.39, 0.29) is 17.8 Å². The molecule has 0 fully saturated rings. The number of nitrogens with zero attached hydrogens (tertiary/aromatic N) is 3. The maximum absolute atomic E-state index is 10.6. The summed E-state index contributed by atoms with van der Waals surface area (Å²) in [6.07, 6.45) is -1.53. The minimum absolute atomic E-state index is 0.0358. The Labute approximate surface area is 96.1 Å². The van der Waals surface area contributed by atoms with Crippen molar-refractivity contribution in [1.29, 1.82) is 5.26 Å². The molecule has 8 heteroatoms. The minimum Gasteiger partial charge on any atom is -0.389 e. The summed E-state index contributed by atoms with van der Waals surface area (Å²) in [5.41, 5.74) is 4.31. The maximum atomic E-state index is 10.6. The van der Waals surface area contributed by atoms with E-state index in [1.54, 1.807) is 6.07 Å². The smallest absolute Gasteiger partial charge is 0.306 e. The van der Waals surface area contributed by atoms with Gasteiger partial charge in [-0.25, -0.2) is 4.98 Å². The summed E-state index contributed by atoms with van der Waals surface area (Å²) in [5, 5.41) is 38.1. The van der Waals surface area contributed by atoms with E-state index in [2.05, 4.69) is 4.98 Å². The number of hydrogen-bond donors (Lipinski definition) is 3. The first kappa shape index (κ1) is 13.0. The first-order valence-electron chi connectivity index (χ1n) is 4.62. The third-order valence-corrected chi connectivity index (χ3v) is 2.14. The van der Waals surface area contributed by atoms with Crippen molar-refractivity contribution in [2.24, 2.45) is 5.73 Å². The van der Waals surface area contributed by atoms with Crippen LogP contribution in [0.2, 0.25) is 0 Å². The van der Waals surface area contributed by atoms with Gasteiger partial charge in [0.15, 0.2) is 0 Å². The standard InChI is InChI=1S/C9H10N4O4/c10-2-6-7(13(16)17)1-5(4-12-6)9(15)8(14)3-11/h1,4,8-9,14-15H,3,11H2. The summed E-state index contributed by atoms with van der Waals surface area (Å²) in [7, 11) is 0. The van der Waals surface area contributed by atoms with Gasteiger partial charge in [-0.2, -0.15) is 5.26 Å². The third kappa shape index (κ3) is 2.73. The molecule has 0 aliphatic heterocycles. The number of nitro groups is 1. The molecule has 1 rings (SSSR count). The lowest BCUT2D eigenvalue weighted by molar-refractivity contribution is -0.385. The predicted octanol–water partition coefficient (Wildman–Crippen LogP) is -0.786. The number of hydrogen-bond acceptors (Lipinski definition) is 7. The van der Waals surface area contributed by atoms with Crippen LogP contribution in [0.3, 0.4) is 0 Å². The lowest BCUT2D eigenvalue weighted by Crippen LogP contribution is -2.27. The topological polar surface area (TPSA) is 146 Å². The molecule has 0 radical (unpaired) electrons. The Bertz CT molecular complexity index is 471. The van der Waals surface area contributed by atoms with E-state index in [9.17, 15) is 20.3 Å². The van der Waals surface area contributed by atoms with Crippen LogP contribution in [0.5, 0.6) is 0 Å². The molecule has 0 saturated heterocycles. The van der Waals surface area contributed by atoms with Crippen LogP contribution in [0.15, 0.2) is 12.3 Å². The third-order valence-electron chi connectivity index (χ3n) is 2.14. The van der Waals surface area contributed by atoms with Crippen molar-refractivity contribution in [3.8, 4) is 6.07 Å². The summed E-state index contributed by atoms with van der Waals surface area (Å²) in [5.74, 6) is 0. The van der Waals surface area contributed by atoms with Crippen LogP contribution < -0.4 is 5.73 Å². The molecule has 0 saturated carbocycles. The molecule has 0 aliphatic carbocycles. The van der Waals surface area contributed by atoms with Gasteiger partial charge in [-0.1, -0.05) is 0 Å². The molecule has 90 valence electrons. The first-order chi connectivity index (χ1) is 8.01. The fourth-order valence-corrected chi connectivity index (χ4v) is 1.21. The predicted molar refractivity (Wildman–Crippen MR) is 55.6 cm³/mol. The molecule has 2 atom stereocenters. The highest BCUT2D eigenvalue weighted by atomic mass is 16.6. The Balaban J connectivity index is 3.17. The summed E-state index contributed by atoms with van der Waals surface area (Å²) in [6, 6.07) is 2.56. The monoisotopic (exact) mass is 238 g/mol. The van der Waals surface area contributed by atoms with E-state index in [1.807, 2.05) is 0 Å². The van der Waals surface area contributed by atoms with Gasteiger partial charge in [0.2, 0.25) is 5.69 Å². The molecule has 4 N–H and O–H groups in total. The molecular weight excluding hydrogens is 228 g/mol. The van der Waals surface area contributed by atoms with Gasteiger partial charge in [-0.3, -0.25) is 10.1 Å². The van der Waals surface area contributed by atoms with Gasteiger partial charge in [0.05, 0.1) is 11.0 Å². The lowest BCUT2D eigenvalue weighted by Gasteiger charge is -2.15. The average molecular weight is 238 g/mol. The largest absolute Gasteiger partial charge is 0.389 e. The Morgan fingerprint density at radius 3 is 2.76 bits per heavy atom. The molecule has 0 aliphatic rings. The number of pyridine rings is 1. The number of nitrogens with two attached hydrogens (primary N) is 1. The van der Waals surface area contributed by atoms with E-state index in [0.29, 0.717) is 0 Å². The van der Waals surface area contributed by atoms with Crippen molar-refractivity contribution in [3.63, 3.8) is 0 Å². The van der Waals surface area contributed by atoms with Crippen molar-refractivity contribution in [2.75, 3.05) is 6.54 Å². The van der Waals surface area contributed by atoms with Crippen LogP contribution >= 0.6 is 0 Å². The van der Waals surface area contributed by atoms with E-state index in [0.717, 1.165) is 12.3 Å². The van der Waals surface area contributed by atoms with Crippen LogP contribution in [0.1, 0.15) is 17.4 Å². The molecule has 0 amide bonds. The molecule has 1 aromatic heterocycles. The van der Waals surface area contributed by atoms with Crippen molar-refractivity contribution >= 4 is 5.69 Å². The Morgan fingerprint density at radius 1 is 1.65 bits per heavy atom. The van der Waals surface area contributed by atoms with Crippen LogP contribution in [0, 0.1) is 21.4 Å². The van der Waals surface area contributed by atoms with Crippen molar-refractivity contribution in [1.82, 2.24) is 4.98 Å². The van der Waals surface area contributed by atoms with Crippen LogP contribution in [0.25, 0.3) is 0 Å². The molecular formula is C9H10N4O4. The van der Waals surface area contributed by atoms with Gasteiger partial charge in [-0.15, -0.1) is 0 Å². The SMILES string of the molecule is N#Cc1ncc(C(O)C(O)CN)cc1[N+](=O)[O-]. The van der Waals surface area contributed by atoms with Gasteiger partial charge in [0, 0.05) is 24.4 Å². The summed E-state index contributed by atoms with van der Waals surface area (Å²) >= 11 is 0. The van der Waals surface area contributed by atoms with Gasteiger partial charge >= 0.3 is 5.69 Å². The number of nitriles is 1. The zero-order valence-corrected chi connectivity index (χ0v) is 8.65. The fraction of sp³-hybridized carbons (Fsp3) is 0.333. The maximum Gasteiger partial charge on any atom is 0.306 e. The second kappa shape index (κ2) is 5.31. The first-order valence-corrected chi connectivity index (χ1v) is 4.62. The normalized spacial score (nSPS) is 13.8. The number of aliphatic hydroxyl groups is 2. The van der Waals surface area contributed by atoms with E-state index >= 15 is 0 Å². The van der Waals surface area contributed by atoms with Crippen molar-refractivity contribution in [2.45, 2.75) is 12.2 Å². The number of aromatic nitrogens is 1. The Kier molecular flexibility index (Phi) is 4.06.